The molecule has 0 aliphatic carbocycles. The van der Waals surface area contributed by atoms with Gasteiger partial charge in [-0.3, -0.25) is 4.90 Å². The Morgan fingerprint density at radius 2 is 2.06 bits per heavy atom. The number of aromatic amines is 1. The summed E-state index contributed by atoms with van der Waals surface area (Å²) in [6.07, 6.45) is 5.72. The largest absolute Gasteiger partial charge is 0.476 e. The summed E-state index contributed by atoms with van der Waals surface area (Å²) in [7, 11) is 0. The number of pyridine rings is 1. The van der Waals surface area contributed by atoms with E-state index in [1.807, 2.05) is 0 Å². The highest BCUT2D eigenvalue weighted by Crippen LogP contribution is 2.31. The molecule has 160 valence electrons. The van der Waals surface area contributed by atoms with Gasteiger partial charge >= 0.3 is 0 Å². The zero-order chi connectivity index (χ0) is 21.2. The van der Waals surface area contributed by atoms with Gasteiger partial charge in [-0.25, -0.2) is 19.9 Å². The molecule has 8 heteroatoms. The van der Waals surface area contributed by atoms with Gasteiger partial charge in [-0.1, -0.05) is 18.2 Å². The van der Waals surface area contributed by atoms with Crippen molar-refractivity contribution in [3.63, 3.8) is 0 Å². The summed E-state index contributed by atoms with van der Waals surface area (Å²) in [5.41, 5.74) is 3.49. The number of hydrogen-bond acceptors (Lipinski definition) is 7. The summed E-state index contributed by atoms with van der Waals surface area (Å²) >= 11 is 0. The van der Waals surface area contributed by atoms with Crippen LogP contribution in [0.25, 0.3) is 21.9 Å². The van der Waals surface area contributed by atoms with Crippen LogP contribution in [0.2, 0.25) is 0 Å². The maximum Gasteiger partial charge on any atom is 0.221 e. The number of nitrogens with zero attached hydrogens (tertiary/aromatic N) is 5. The number of benzene rings is 1. The maximum absolute atomic E-state index is 6.24. The molecule has 31 heavy (non-hydrogen) atoms. The van der Waals surface area contributed by atoms with Gasteiger partial charge in [0.1, 0.15) is 18.5 Å². The van der Waals surface area contributed by atoms with Gasteiger partial charge in [0.2, 0.25) is 5.88 Å². The minimum absolute atomic E-state index is 0.0827. The van der Waals surface area contributed by atoms with Gasteiger partial charge in [0, 0.05) is 11.9 Å². The van der Waals surface area contributed by atoms with Crippen molar-refractivity contribution < 1.29 is 4.74 Å². The molecule has 0 spiro atoms. The normalized spacial score (nSPS) is 15.5. The number of aryl methyl sites for hydroxylation is 1. The molecule has 1 aliphatic rings. The molecule has 1 fully saturated rings. The van der Waals surface area contributed by atoms with E-state index in [-0.39, 0.29) is 6.04 Å². The zero-order valence-electron chi connectivity index (χ0n) is 17.9. The number of aromatic nitrogens is 5. The molecule has 0 radical (unpaired) electrons. The van der Waals surface area contributed by atoms with Gasteiger partial charge < -0.3 is 15.0 Å². The molecule has 1 atom stereocenters. The molecule has 4 heterocycles. The number of imidazole rings is 1. The minimum atomic E-state index is -0.0827. The van der Waals surface area contributed by atoms with Crippen molar-refractivity contribution in [1.29, 1.82) is 0 Å². The summed E-state index contributed by atoms with van der Waals surface area (Å²) in [6, 6.07) is 8.33. The molecule has 3 aromatic heterocycles. The van der Waals surface area contributed by atoms with E-state index in [4.69, 9.17) is 9.72 Å². The fraction of sp³-hybridized carbons (Fsp3) is 0.391. The van der Waals surface area contributed by atoms with Gasteiger partial charge in [-0.2, -0.15) is 0 Å². The van der Waals surface area contributed by atoms with Gasteiger partial charge in [0.05, 0.1) is 18.1 Å². The second-order valence-electron chi connectivity index (χ2n) is 8.11. The topological polar surface area (TPSA) is 91.9 Å². The predicted octanol–water partition coefficient (Wildman–Crippen LogP) is 3.86. The quantitative estimate of drug-likeness (QED) is 0.472. The van der Waals surface area contributed by atoms with Crippen LogP contribution in [-0.2, 0) is 0 Å². The Morgan fingerprint density at radius 3 is 2.94 bits per heavy atom. The van der Waals surface area contributed by atoms with Crippen LogP contribution in [0.4, 0.5) is 5.82 Å². The van der Waals surface area contributed by atoms with Crippen molar-refractivity contribution in [3.05, 3.63) is 48.2 Å². The Bertz CT molecular complexity index is 1200. The molecule has 1 aliphatic heterocycles. The van der Waals surface area contributed by atoms with Crippen LogP contribution in [0, 0.1) is 6.92 Å². The first-order chi connectivity index (χ1) is 15.2. The number of H-pyrrole nitrogens is 1. The third-order valence-electron chi connectivity index (χ3n) is 5.91. The standard InChI is InChI=1S/C23H27N7O/c1-15-6-5-7-17-12-18(16(2)28-22-20-21(25-13-24-20)26-14-27-22)29-23(19(15)17)31-11-10-30-8-3-4-9-30/h5-7,12-14,16H,3-4,8-11H2,1-2H3,(H2,24,25,26,27,28)/t16-/m0/s1. The average Bonchev–Trinajstić information content (AvgIpc) is 3.46. The fourth-order valence-corrected chi connectivity index (χ4v) is 4.22. The van der Waals surface area contributed by atoms with E-state index in [1.165, 1.54) is 24.7 Å². The number of likely N-dealkylation sites (tertiary alicyclic amines) is 1. The van der Waals surface area contributed by atoms with E-state index in [1.54, 1.807) is 6.33 Å². The Kier molecular flexibility index (Phi) is 5.38. The number of rotatable bonds is 7. The summed E-state index contributed by atoms with van der Waals surface area (Å²) in [4.78, 5) is 23.3. The lowest BCUT2D eigenvalue weighted by Gasteiger charge is -2.19. The Labute approximate surface area is 181 Å². The van der Waals surface area contributed by atoms with Crippen molar-refractivity contribution in [2.24, 2.45) is 0 Å². The Balaban J connectivity index is 1.43. The van der Waals surface area contributed by atoms with E-state index < -0.39 is 0 Å². The van der Waals surface area contributed by atoms with Crippen LogP contribution < -0.4 is 10.1 Å². The number of ether oxygens (including phenoxy) is 1. The molecule has 4 aromatic rings. The van der Waals surface area contributed by atoms with Crippen molar-refractivity contribution in [2.75, 3.05) is 31.6 Å². The van der Waals surface area contributed by atoms with Gasteiger partial charge in [-0.05, 0) is 56.8 Å². The molecule has 1 saturated heterocycles. The molecule has 0 unspecified atom stereocenters. The molecule has 2 N–H and O–H groups in total. The third kappa shape index (κ3) is 4.03. The summed E-state index contributed by atoms with van der Waals surface area (Å²) in [5.74, 6) is 1.38. The molecule has 1 aromatic carbocycles. The predicted molar refractivity (Wildman–Crippen MR) is 121 cm³/mol. The monoisotopic (exact) mass is 417 g/mol. The molecule has 0 saturated carbocycles. The Hall–Kier alpha value is -3.26. The van der Waals surface area contributed by atoms with Crippen LogP contribution in [0.5, 0.6) is 5.88 Å². The molecule has 0 amide bonds. The number of nitrogens with one attached hydrogen (secondary N) is 2. The molecular weight excluding hydrogens is 390 g/mol. The van der Waals surface area contributed by atoms with Gasteiger partial charge in [0.15, 0.2) is 11.5 Å². The molecule has 8 nitrogen and oxygen atoms in total. The number of fused-ring (bicyclic) bond motifs is 2. The Morgan fingerprint density at radius 1 is 1.19 bits per heavy atom. The van der Waals surface area contributed by atoms with Crippen molar-refractivity contribution in [1.82, 2.24) is 29.8 Å². The third-order valence-corrected chi connectivity index (χ3v) is 5.91. The molecule has 5 rings (SSSR count). The lowest BCUT2D eigenvalue weighted by molar-refractivity contribution is 0.233. The first-order valence-electron chi connectivity index (χ1n) is 10.8. The lowest BCUT2D eigenvalue weighted by Crippen LogP contribution is -2.25. The van der Waals surface area contributed by atoms with Crippen molar-refractivity contribution >= 4 is 27.8 Å². The lowest BCUT2D eigenvalue weighted by atomic mass is 10.0. The summed E-state index contributed by atoms with van der Waals surface area (Å²) < 4.78 is 6.24. The minimum Gasteiger partial charge on any atom is -0.476 e. The number of hydrogen-bond donors (Lipinski definition) is 2. The van der Waals surface area contributed by atoms with E-state index in [0.717, 1.165) is 36.1 Å². The summed E-state index contributed by atoms with van der Waals surface area (Å²) in [6.45, 7) is 8.08. The van der Waals surface area contributed by atoms with Gasteiger partial charge in [-0.15, -0.1) is 0 Å². The van der Waals surface area contributed by atoms with Crippen LogP contribution in [0.3, 0.4) is 0 Å². The first kappa shape index (κ1) is 19.7. The molecule has 0 bridgehead atoms. The van der Waals surface area contributed by atoms with Crippen LogP contribution in [0.15, 0.2) is 36.9 Å². The highest BCUT2D eigenvalue weighted by Gasteiger charge is 2.17. The number of anilines is 1. The molecular formula is C23H27N7O. The zero-order valence-corrected chi connectivity index (χ0v) is 17.9. The van der Waals surface area contributed by atoms with Crippen LogP contribution >= 0.6 is 0 Å². The van der Waals surface area contributed by atoms with E-state index in [2.05, 4.69) is 68.3 Å². The maximum atomic E-state index is 6.24. The van der Waals surface area contributed by atoms with Gasteiger partial charge in [0.25, 0.3) is 0 Å². The van der Waals surface area contributed by atoms with Crippen LogP contribution in [-0.4, -0.2) is 56.1 Å². The van der Waals surface area contributed by atoms with Crippen molar-refractivity contribution in [3.8, 4) is 5.88 Å². The SMILES string of the molecule is Cc1cccc2cc([C@H](C)Nc3ncnc4[nH]cnc34)nc(OCCN3CCCC3)c12. The average molecular weight is 418 g/mol. The second-order valence-corrected chi connectivity index (χ2v) is 8.11. The second kappa shape index (κ2) is 8.47. The van der Waals surface area contributed by atoms with E-state index in [9.17, 15) is 0 Å². The summed E-state index contributed by atoms with van der Waals surface area (Å²) in [5, 5.41) is 5.64. The fourth-order valence-electron chi connectivity index (χ4n) is 4.22. The highest BCUT2D eigenvalue weighted by atomic mass is 16.5. The van der Waals surface area contributed by atoms with Crippen molar-refractivity contribution in [2.45, 2.75) is 32.7 Å². The smallest absolute Gasteiger partial charge is 0.221 e. The van der Waals surface area contributed by atoms with E-state index >= 15 is 0 Å². The van der Waals surface area contributed by atoms with E-state index in [0.29, 0.717) is 29.5 Å². The van der Waals surface area contributed by atoms with Crippen LogP contribution in [0.1, 0.15) is 37.1 Å². The first-order valence-corrected chi connectivity index (χ1v) is 10.8. The highest BCUT2D eigenvalue weighted by molar-refractivity contribution is 5.90.